The lowest BCUT2D eigenvalue weighted by molar-refractivity contribution is -0.125. The van der Waals surface area contributed by atoms with Crippen molar-refractivity contribution in [2.45, 2.75) is 19.4 Å². The maximum absolute atomic E-state index is 12.8. The average molecular weight is 261 g/mol. The van der Waals surface area contributed by atoms with Gasteiger partial charge in [-0.1, -0.05) is 15.9 Å². The van der Waals surface area contributed by atoms with Gasteiger partial charge in [-0.25, -0.2) is 4.39 Å². The number of carbonyl (C=O) groups is 1. The molecule has 4 heteroatoms. The zero-order valence-corrected chi connectivity index (χ0v) is 9.21. The smallest absolute Gasteiger partial charge is 0.165 e. The summed E-state index contributed by atoms with van der Waals surface area (Å²) in [6.07, 6.45) is -0.971. The van der Waals surface area contributed by atoms with Crippen molar-refractivity contribution in [3.63, 3.8) is 0 Å². The molecule has 0 saturated heterocycles. The van der Waals surface area contributed by atoms with Crippen LogP contribution in [0.15, 0.2) is 22.7 Å². The third-order valence-corrected chi connectivity index (χ3v) is 2.61. The van der Waals surface area contributed by atoms with Crippen LogP contribution >= 0.6 is 15.9 Å². The van der Waals surface area contributed by atoms with E-state index in [2.05, 4.69) is 15.9 Å². The summed E-state index contributed by atoms with van der Waals surface area (Å²) in [4.78, 5) is 11.2. The van der Waals surface area contributed by atoms with Gasteiger partial charge in [0, 0.05) is 10.9 Å². The summed E-state index contributed by atoms with van der Waals surface area (Å²) in [7, 11) is 0. The molecule has 0 fully saturated rings. The molecule has 0 aliphatic rings. The number of hydrogen-bond donors (Lipinski definition) is 1. The van der Waals surface area contributed by atoms with Gasteiger partial charge in [0.05, 0.1) is 0 Å². The first kappa shape index (κ1) is 11.3. The second-order valence-corrected chi connectivity index (χ2v) is 3.91. The fourth-order valence-corrected chi connectivity index (χ4v) is 1.40. The van der Waals surface area contributed by atoms with Crippen LogP contribution in [0.1, 0.15) is 12.5 Å². The van der Waals surface area contributed by atoms with Crippen molar-refractivity contribution in [1.29, 1.82) is 0 Å². The van der Waals surface area contributed by atoms with Crippen LogP contribution in [0.2, 0.25) is 0 Å². The number of aliphatic hydroxyl groups excluding tert-OH is 1. The number of halogens is 2. The minimum atomic E-state index is -1.01. The summed E-state index contributed by atoms with van der Waals surface area (Å²) in [6, 6.07) is 4.13. The third-order valence-electron chi connectivity index (χ3n) is 1.84. The van der Waals surface area contributed by atoms with Crippen molar-refractivity contribution in [2.24, 2.45) is 0 Å². The second kappa shape index (κ2) is 4.66. The van der Waals surface area contributed by atoms with Crippen molar-refractivity contribution in [1.82, 2.24) is 0 Å². The third kappa shape index (κ3) is 2.89. The average Bonchev–Trinajstić information content (AvgIpc) is 2.11. The fraction of sp³-hybridized carbons (Fsp3) is 0.300. The molecule has 14 heavy (non-hydrogen) atoms. The van der Waals surface area contributed by atoms with Crippen LogP contribution < -0.4 is 0 Å². The molecule has 0 radical (unpaired) electrons. The molecule has 1 atom stereocenters. The Bertz CT molecular complexity index is 350. The Balaban J connectivity index is 2.86. The summed E-state index contributed by atoms with van der Waals surface area (Å²) < 4.78 is 13.5. The molecule has 76 valence electrons. The van der Waals surface area contributed by atoms with E-state index in [1.807, 2.05) is 0 Å². The van der Waals surface area contributed by atoms with Crippen LogP contribution in [0.25, 0.3) is 0 Å². The number of hydrogen-bond acceptors (Lipinski definition) is 2. The van der Waals surface area contributed by atoms with E-state index >= 15 is 0 Å². The molecule has 0 aliphatic heterocycles. The molecule has 0 aromatic heterocycles. The van der Waals surface area contributed by atoms with E-state index in [4.69, 9.17) is 5.11 Å². The molecule has 0 spiro atoms. The van der Waals surface area contributed by atoms with Crippen LogP contribution in [0.4, 0.5) is 4.39 Å². The highest BCUT2D eigenvalue weighted by Gasteiger charge is 2.12. The van der Waals surface area contributed by atoms with Crippen LogP contribution in [0.3, 0.4) is 0 Å². The number of ketones is 1. The fourth-order valence-electron chi connectivity index (χ4n) is 1.01. The van der Waals surface area contributed by atoms with E-state index in [-0.39, 0.29) is 18.0 Å². The Morgan fingerprint density at radius 1 is 1.64 bits per heavy atom. The molecule has 1 aromatic rings. The maximum Gasteiger partial charge on any atom is 0.165 e. The van der Waals surface area contributed by atoms with Gasteiger partial charge < -0.3 is 5.11 Å². The van der Waals surface area contributed by atoms with E-state index in [0.717, 1.165) is 0 Å². The molecule has 1 N–H and O–H groups in total. The summed E-state index contributed by atoms with van der Waals surface area (Å²) in [6.45, 7) is 1.40. The Morgan fingerprint density at radius 3 is 2.86 bits per heavy atom. The summed E-state index contributed by atoms with van der Waals surface area (Å²) in [5.41, 5.74) is 0.552. The zero-order valence-electron chi connectivity index (χ0n) is 7.63. The predicted molar refractivity (Wildman–Crippen MR) is 54.5 cm³/mol. The van der Waals surface area contributed by atoms with Crippen LogP contribution in [0, 0.1) is 5.82 Å². The van der Waals surface area contributed by atoms with Gasteiger partial charge in [0.15, 0.2) is 5.78 Å². The van der Waals surface area contributed by atoms with Crippen molar-refractivity contribution < 1.29 is 14.3 Å². The van der Waals surface area contributed by atoms with Gasteiger partial charge in [0.25, 0.3) is 0 Å². The van der Waals surface area contributed by atoms with Crippen LogP contribution in [0.5, 0.6) is 0 Å². The van der Waals surface area contributed by atoms with E-state index < -0.39 is 6.10 Å². The molecule has 0 bridgehead atoms. The van der Waals surface area contributed by atoms with E-state index in [9.17, 15) is 9.18 Å². The normalized spacial score (nSPS) is 12.6. The number of carbonyl (C=O) groups excluding carboxylic acids is 1. The monoisotopic (exact) mass is 260 g/mol. The first-order chi connectivity index (χ1) is 6.50. The molecule has 0 amide bonds. The van der Waals surface area contributed by atoms with Gasteiger partial charge in [-0.15, -0.1) is 0 Å². The predicted octanol–water partition coefficient (Wildman–Crippen LogP) is 2.08. The van der Waals surface area contributed by atoms with Crippen molar-refractivity contribution in [3.05, 3.63) is 34.1 Å². The lowest BCUT2D eigenvalue weighted by Gasteiger charge is -2.05. The zero-order chi connectivity index (χ0) is 10.7. The number of rotatable bonds is 3. The first-order valence-corrected chi connectivity index (χ1v) is 4.94. The van der Waals surface area contributed by atoms with E-state index in [1.165, 1.54) is 19.1 Å². The first-order valence-electron chi connectivity index (χ1n) is 4.15. The number of aliphatic hydroxyl groups is 1. The van der Waals surface area contributed by atoms with Crippen molar-refractivity contribution in [3.8, 4) is 0 Å². The van der Waals surface area contributed by atoms with Crippen molar-refractivity contribution >= 4 is 21.7 Å². The largest absolute Gasteiger partial charge is 0.386 e. The molecule has 0 saturated carbocycles. The number of benzene rings is 1. The van der Waals surface area contributed by atoms with Crippen LogP contribution in [-0.4, -0.2) is 17.0 Å². The summed E-state index contributed by atoms with van der Waals surface area (Å²) >= 11 is 3.21. The lowest BCUT2D eigenvalue weighted by atomic mass is 10.1. The highest BCUT2D eigenvalue weighted by Crippen LogP contribution is 2.18. The standard InChI is InChI=1S/C10H10BrFO2/c1-6(13)10(14)5-7-4-8(12)2-3-9(7)11/h2-4,6,13H,5H2,1H3. The van der Waals surface area contributed by atoms with Gasteiger partial charge >= 0.3 is 0 Å². The second-order valence-electron chi connectivity index (χ2n) is 3.05. The van der Waals surface area contributed by atoms with Crippen molar-refractivity contribution in [2.75, 3.05) is 0 Å². The highest BCUT2D eigenvalue weighted by atomic mass is 79.9. The topological polar surface area (TPSA) is 37.3 Å². The molecule has 0 aliphatic carbocycles. The van der Waals surface area contributed by atoms with Gasteiger partial charge in [0.1, 0.15) is 11.9 Å². The van der Waals surface area contributed by atoms with Gasteiger partial charge in [-0.05, 0) is 30.7 Å². The Morgan fingerprint density at radius 2 is 2.29 bits per heavy atom. The molecule has 1 aromatic carbocycles. The maximum atomic E-state index is 12.8. The summed E-state index contributed by atoms with van der Waals surface area (Å²) in [5.74, 6) is -0.710. The molecular weight excluding hydrogens is 251 g/mol. The minimum Gasteiger partial charge on any atom is -0.386 e. The minimum absolute atomic E-state index is 0.0377. The van der Waals surface area contributed by atoms with E-state index in [1.54, 1.807) is 6.07 Å². The quantitative estimate of drug-likeness (QED) is 0.904. The Hall–Kier alpha value is -0.740. The molecule has 1 rings (SSSR count). The summed E-state index contributed by atoms with van der Waals surface area (Å²) in [5, 5.41) is 8.98. The van der Waals surface area contributed by atoms with E-state index in [0.29, 0.717) is 10.0 Å². The van der Waals surface area contributed by atoms with Gasteiger partial charge in [-0.3, -0.25) is 4.79 Å². The number of Topliss-reactive ketones (excluding diaryl/α,β-unsaturated/α-hetero) is 1. The highest BCUT2D eigenvalue weighted by molar-refractivity contribution is 9.10. The van der Waals surface area contributed by atoms with Crippen LogP contribution in [-0.2, 0) is 11.2 Å². The Labute approximate surface area is 89.9 Å². The molecule has 1 unspecified atom stereocenters. The van der Waals surface area contributed by atoms with Gasteiger partial charge in [0.2, 0.25) is 0 Å². The van der Waals surface area contributed by atoms with Gasteiger partial charge in [-0.2, -0.15) is 0 Å². The Kier molecular flexibility index (Phi) is 3.77. The molecule has 2 nitrogen and oxygen atoms in total. The lowest BCUT2D eigenvalue weighted by Crippen LogP contribution is -2.18. The molecule has 0 heterocycles. The molecular formula is C10H10BrFO2. The SMILES string of the molecule is CC(O)C(=O)Cc1cc(F)ccc1Br.